The molecule has 1 aliphatic heterocycles. The molecule has 0 spiro atoms. The highest BCUT2D eigenvalue weighted by atomic mass is 19.1. The van der Waals surface area contributed by atoms with Gasteiger partial charge >= 0.3 is 0 Å². The van der Waals surface area contributed by atoms with E-state index in [1.165, 1.54) is 17.7 Å². The molecule has 4 heteroatoms. The second-order valence-electron chi connectivity index (χ2n) is 5.44. The number of rotatable bonds is 2. The number of phenolic OH excluding ortho intramolecular Hbond substituents is 1. The monoisotopic (exact) mass is 287 g/mol. The van der Waals surface area contributed by atoms with E-state index in [2.05, 4.69) is 18.3 Å². The molecule has 2 aromatic carbocycles. The first kappa shape index (κ1) is 13.9. The maximum absolute atomic E-state index is 13.5. The van der Waals surface area contributed by atoms with Crippen molar-refractivity contribution in [2.75, 3.05) is 7.05 Å². The summed E-state index contributed by atoms with van der Waals surface area (Å²) < 4.78 is 19.6. The number of halogens is 1. The van der Waals surface area contributed by atoms with Gasteiger partial charge in [-0.2, -0.15) is 0 Å². The second kappa shape index (κ2) is 5.37. The molecule has 0 bridgehead atoms. The fourth-order valence-electron chi connectivity index (χ4n) is 2.79. The van der Waals surface area contributed by atoms with Crippen molar-refractivity contribution >= 4 is 0 Å². The van der Waals surface area contributed by atoms with E-state index in [4.69, 9.17) is 4.74 Å². The van der Waals surface area contributed by atoms with Gasteiger partial charge in [0.1, 0.15) is 11.9 Å². The van der Waals surface area contributed by atoms with Crippen LogP contribution < -0.4 is 10.1 Å². The average Bonchev–Trinajstić information content (AvgIpc) is 2.49. The summed E-state index contributed by atoms with van der Waals surface area (Å²) in [5.74, 6) is -0.132. The van der Waals surface area contributed by atoms with Crippen LogP contribution in [0.15, 0.2) is 36.4 Å². The van der Waals surface area contributed by atoms with Gasteiger partial charge in [-0.25, -0.2) is 4.39 Å². The number of hydrogen-bond donors (Lipinski definition) is 2. The molecular weight excluding hydrogens is 269 g/mol. The van der Waals surface area contributed by atoms with Crippen molar-refractivity contribution in [3.8, 4) is 11.5 Å². The smallest absolute Gasteiger partial charge is 0.165 e. The van der Waals surface area contributed by atoms with Crippen molar-refractivity contribution in [1.82, 2.24) is 5.32 Å². The first-order valence-corrected chi connectivity index (χ1v) is 7.01. The fraction of sp³-hybridized carbons (Fsp3) is 0.294. The molecule has 0 aromatic heterocycles. The Labute approximate surface area is 123 Å². The lowest BCUT2D eigenvalue weighted by Crippen LogP contribution is -2.26. The maximum atomic E-state index is 13.5. The highest BCUT2D eigenvalue weighted by Gasteiger charge is 2.28. The molecule has 0 saturated carbocycles. The summed E-state index contributed by atoms with van der Waals surface area (Å²) in [4.78, 5) is 0. The molecule has 2 atom stereocenters. The molecule has 0 amide bonds. The van der Waals surface area contributed by atoms with E-state index >= 15 is 0 Å². The number of hydrogen-bond acceptors (Lipinski definition) is 3. The fourth-order valence-corrected chi connectivity index (χ4v) is 2.79. The normalized spacial score (nSPS) is 20.7. The van der Waals surface area contributed by atoms with Crippen molar-refractivity contribution in [2.24, 2.45) is 0 Å². The molecule has 2 aromatic rings. The zero-order valence-electron chi connectivity index (χ0n) is 12.1. The highest BCUT2D eigenvalue weighted by molar-refractivity contribution is 5.42. The Balaban J connectivity index is 1.96. The van der Waals surface area contributed by atoms with E-state index in [0.29, 0.717) is 0 Å². The molecule has 2 unspecified atom stereocenters. The second-order valence-corrected chi connectivity index (χ2v) is 5.44. The van der Waals surface area contributed by atoms with Gasteiger partial charge in [0.15, 0.2) is 11.6 Å². The minimum absolute atomic E-state index is 0.163. The molecule has 1 aliphatic rings. The standard InChI is InChI=1S/C17H18FNO2/c1-10-3-6-16-12(7-10)14(19-2)9-17(21-16)11-4-5-15(20)13(18)8-11/h3-8,14,17,19-20H,9H2,1-2H3. The third-order valence-corrected chi connectivity index (χ3v) is 3.95. The summed E-state index contributed by atoms with van der Waals surface area (Å²) in [7, 11) is 1.91. The minimum atomic E-state index is -0.619. The van der Waals surface area contributed by atoms with Crippen molar-refractivity contribution < 1.29 is 14.2 Å². The Morgan fingerprint density at radius 1 is 1.24 bits per heavy atom. The zero-order valence-corrected chi connectivity index (χ0v) is 12.1. The van der Waals surface area contributed by atoms with E-state index in [1.807, 2.05) is 19.2 Å². The molecule has 21 heavy (non-hydrogen) atoms. The summed E-state index contributed by atoms with van der Waals surface area (Å²) >= 11 is 0. The Kier molecular flexibility index (Phi) is 3.55. The Morgan fingerprint density at radius 3 is 2.76 bits per heavy atom. The maximum Gasteiger partial charge on any atom is 0.165 e. The van der Waals surface area contributed by atoms with Crippen molar-refractivity contribution in [1.29, 1.82) is 0 Å². The number of benzene rings is 2. The van der Waals surface area contributed by atoms with Crippen molar-refractivity contribution in [2.45, 2.75) is 25.5 Å². The predicted molar refractivity (Wildman–Crippen MR) is 79.0 cm³/mol. The van der Waals surface area contributed by atoms with Crippen LogP contribution >= 0.6 is 0 Å². The molecule has 0 saturated heterocycles. The molecule has 110 valence electrons. The van der Waals surface area contributed by atoms with Crippen molar-refractivity contribution in [3.63, 3.8) is 0 Å². The number of phenols is 1. The molecule has 0 aliphatic carbocycles. The van der Waals surface area contributed by atoms with E-state index in [1.54, 1.807) is 6.07 Å². The number of fused-ring (bicyclic) bond motifs is 1. The van der Waals surface area contributed by atoms with Crippen LogP contribution in [0.2, 0.25) is 0 Å². The third-order valence-electron chi connectivity index (χ3n) is 3.95. The molecule has 3 nitrogen and oxygen atoms in total. The zero-order chi connectivity index (χ0) is 15.0. The molecule has 0 radical (unpaired) electrons. The largest absolute Gasteiger partial charge is 0.505 e. The Bertz CT molecular complexity index is 672. The van der Waals surface area contributed by atoms with Crippen molar-refractivity contribution in [3.05, 3.63) is 58.9 Å². The topological polar surface area (TPSA) is 41.5 Å². The van der Waals surface area contributed by atoms with E-state index in [9.17, 15) is 9.50 Å². The van der Waals surface area contributed by atoms with Gasteiger partial charge in [0.25, 0.3) is 0 Å². The van der Waals surface area contributed by atoms with E-state index in [0.717, 1.165) is 23.3 Å². The molecule has 0 fully saturated rings. The van der Waals surface area contributed by atoms with Crippen LogP contribution in [-0.4, -0.2) is 12.2 Å². The van der Waals surface area contributed by atoms with E-state index < -0.39 is 5.82 Å². The number of ether oxygens (including phenoxy) is 1. The Hall–Kier alpha value is -2.07. The predicted octanol–water partition coefficient (Wildman–Crippen LogP) is 3.62. The van der Waals surface area contributed by atoms with Crippen LogP contribution in [0.25, 0.3) is 0 Å². The molecule has 2 N–H and O–H groups in total. The summed E-state index contributed by atoms with van der Waals surface area (Å²) in [5.41, 5.74) is 3.05. The van der Waals surface area contributed by atoms with Crippen LogP contribution in [0, 0.1) is 12.7 Å². The Morgan fingerprint density at radius 2 is 2.05 bits per heavy atom. The summed E-state index contributed by atoms with van der Waals surface area (Å²) in [6.07, 6.45) is 0.490. The quantitative estimate of drug-likeness (QED) is 0.886. The highest BCUT2D eigenvalue weighted by Crippen LogP contribution is 2.41. The van der Waals surface area contributed by atoms with E-state index in [-0.39, 0.29) is 17.9 Å². The average molecular weight is 287 g/mol. The van der Waals surface area contributed by atoms with Gasteiger partial charge in [0.2, 0.25) is 0 Å². The van der Waals surface area contributed by atoms with Crippen LogP contribution in [0.1, 0.15) is 35.3 Å². The summed E-state index contributed by atoms with van der Waals surface area (Å²) in [5, 5.41) is 12.6. The van der Waals surface area contributed by atoms with Gasteiger partial charge < -0.3 is 15.2 Å². The van der Waals surface area contributed by atoms with Crippen LogP contribution in [0.5, 0.6) is 11.5 Å². The van der Waals surface area contributed by atoms with Gasteiger partial charge in [-0.05, 0) is 37.7 Å². The first-order chi connectivity index (χ1) is 10.1. The molecular formula is C17H18FNO2. The van der Waals surface area contributed by atoms with Gasteiger partial charge in [0.05, 0.1) is 0 Å². The number of aryl methyl sites for hydroxylation is 1. The number of aromatic hydroxyl groups is 1. The summed E-state index contributed by atoms with van der Waals surface area (Å²) in [6, 6.07) is 10.6. The number of nitrogens with one attached hydrogen (secondary N) is 1. The lowest BCUT2D eigenvalue weighted by atomic mass is 9.92. The SMILES string of the molecule is CNC1CC(c2ccc(O)c(F)c2)Oc2ccc(C)cc21. The molecule has 3 rings (SSSR count). The third kappa shape index (κ3) is 2.59. The molecule has 1 heterocycles. The summed E-state index contributed by atoms with van der Waals surface area (Å²) in [6.45, 7) is 2.05. The first-order valence-electron chi connectivity index (χ1n) is 7.01. The van der Waals surface area contributed by atoms with Gasteiger partial charge in [0, 0.05) is 18.0 Å². The van der Waals surface area contributed by atoms with Crippen LogP contribution in [-0.2, 0) is 0 Å². The van der Waals surface area contributed by atoms with Crippen LogP contribution in [0.3, 0.4) is 0 Å². The lowest BCUT2D eigenvalue weighted by Gasteiger charge is -2.32. The van der Waals surface area contributed by atoms with Crippen LogP contribution in [0.4, 0.5) is 4.39 Å². The van der Waals surface area contributed by atoms with Gasteiger partial charge in [-0.15, -0.1) is 0 Å². The van der Waals surface area contributed by atoms with Gasteiger partial charge in [-0.1, -0.05) is 23.8 Å². The minimum Gasteiger partial charge on any atom is -0.505 e. The van der Waals surface area contributed by atoms with Gasteiger partial charge in [-0.3, -0.25) is 0 Å². The lowest BCUT2D eigenvalue weighted by molar-refractivity contribution is 0.153.